The third-order valence-electron chi connectivity index (χ3n) is 2.43. The van der Waals surface area contributed by atoms with Gasteiger partial charge >= 0.3 is 5.97 Å². The van der Waals surface area contributed by atoms with Gasteiger partial charge in [0.15, 0.2) is 0 Å². The minimum Gasteiger partial charge on any atom is -0.466 e. The highest BCUT2D eigenvalue weighted by Crippen LogP contribution is 2.19. The summed E-state index contributed by atoms with van der Waals surface area (Å²) in [6, 6.07) is 0. The molecule has 0 saturated carbocycles. The van der Waals surface area contributed by atoms with Gasteiger partial charge in [-0.05, 0) is 18.6 Å². The quantitative estimate of drug-likeness (QED) is 0.555. The van der Waals surface area contributed by atoms with E-state index in [1.165, 1.54) is 7.11 Å². The number of allylic oxidation sites excluding steroid dienone is 4. The molecule has 0 saturated heterocycles. The maximum Gasteiger partial charge on any atom is 0.330 e. The first-order chi connectivity index (χ1) is 8.02. The summed E-state index contributed by atoms with van der Waals surface area (Å²) >= 11 is 0. The van der Waals surface area contributed by atoms with Gasteiger partial charge in [-0.3, -0.25) is 4.79 Å². The van der Waals surface area contributed by atoms with Crippen molar-refractivity contribution in [3.05, 3.63) is 35.7 Å². The van der Waals surface area contributed by atoms with E-state index in [4.69, 9.17) is 5.73 Å². The minimum atomic E-state index is -0.560. The number of carbonyl (C=O) groups is 2. The van der Waals surface area contributed by atoms with Crippen LogP contribution in [0.5, 0.6) is 0 Å². The Morgan fingerprint density at radius 2 is 2.18 bits per heavy atom. The fraction of sp³-hybridized carbons (Fsp3) is 0.333. The molecule has 5 heteroatoms. The lowest BCUT2D eigenvalue weighted by Gasteiger charge is -2.18. The molecule has 0 heterocycles. The van der Waals surface area contributed by atoms with Crippen molar-refractivity contribution in [3.63, 3.8) is 0 Å². The summed E-state index contributed by atoms with van der Waals surface area (Å²) in [7, 11) is 1.25. The fourth-order valence-corrected chi connectivity index (χ4v) is 1.38. The van der Waals surface area contributed by atoms with Crippen molar-refractivity contribution in [1.82, 2.24) is 5.32 Å². The molecule has 92 valence electrons. The van der Waals surface area contributed by atoms with Crippen LogP contribution in [0.15, 0.2) is 35.7 Å². The van der Waals surface area contributed by atoms with E-state index in [1.807, 2.05) is 6.92 Å². The molecule has 5 nitrogen and oxygen atoms in total. The zero-order valence-corrected chi connectivity index (χ0v) is 9.90. The van der Waals surface area contributed by atoms with Crippen LogP contribution in [-0.2, 0) is 14.3 Å². The second kappa shape index (κ2) is 5.89. The van der Waals surface area contributed by atoms with E-state index in [0.29, 0.717) is 6.42 Å². The van der Waals surface area contributed by atoms with Gasteiger partial charge in [-0.2, -0.15) is 0 Å². The van der Waals surface area contributed by atoms with Gasteiger partial charge in [-0.25, -0.2) is 4.79 Å². The number of ether oxygens (including phenoxy) is 1. The van der Waals surface area contributed by atoms with Crippen molar-refractivity contribution >= 4 is 11.9 Å². The highest BCUT2D eigenvalue weighted by molar-refractivity contribution is 5.95. The molecule has 1 amide bonds. The molecular weight excluding hydrogens is 220 g/mol. The maximum absolute atomic E-state index is 11.4. The van der Waals surface area contributed by atoms with Crippen LogP contribution in [0.3, 0.4) is 0 Å². The van der Waals surface area contributed by atoms with Gasteiger partial charge in [-0.15, -0.1) is 0 Å². The van der Waals surface area contributed by atoms with Crippen LogP contribution in [0.1, 0.15) is 13.3 Å². The first-order valence-corrected chi connectivity index (χ1v) is 5.26. The molecule has 1 aliphatic rings. The minimum absolute atomic E-state index is 0.208. The first-order valence-electron chi connectivity index (χ1n) is 5.26. The predicted octanol–water partition coefficient (Wildman–Crippen LogP) is 0.598. The molecule has 0 spiro atoms. The van der Waals surface area contributed by atoms with Gasteiger partial charge in [0.05, 0.1) is 7.11 Å². The first kappa shape index (κ1) is 13.0. The molecule has 0 aromatic carbocycles. The standard InChI is InChI=1S/C12H16N2O3/c1-8-7-9(3-4-10(8)13)14-11(15)5-6-12(16)17-2/h3-6,8H,7,13H2,1-2H3,(H,14,15)/b6-5-. The van der Waals surface area contributed by atoms with Crippen LogP contribution in [0, 0.1) is 5.92 Å². The Kier molecular flexibility index (Phi) is 4.51. The Labute approximate surface area is 100 Å². The van der Waals surface area contributed by atoms with Crippen molar-refractivity contribution < 1.29 is 14.3 Å². The van der Waals surface area contributed by atoms with E-state index in [-0.39, 0.29) is 11.8 Å². The van der Waals surface area contributed by atoms with Crippen LogP contribution in [0.25, 0.3) is 0 Å². The molecule has 0 aliphatic heterocycles. The number of nitrogens with one attached hydrogen (secondary N) is 1. The largest absolute Gasteiger partial charge is 0.466 e. The van der Waals surface area contributed by atoms with Crippen LogP contribution >= 0.6 is 0 Å². The van der Waals surface area contributed by atoms with E-state index in [1.54, 1.807) is 12.2 Å². The van der Waals surface area contributed by atoms with Crippen LogP contribution in [0.2, 0.25) is 0 Å². The molecule has 0 bridgehead atoms. The molecular formula is C12H16N2O3. The van der Waals surface area contributed by atoms with Gasteiger partial charge in [0.25, 0.3) is 0 Å². The maximum atomic E-state index is 11.4. The lowest BCUT2D eigenvalue weighted by atomic mass is 9.97. The SMILES string of the molecule is COC(=O)/C=C\C(=O)NC1=CC=C(N)C(C)C1. The lowest BCUT2D eigenvalue weighted by Crippen LogP contribution is -2.25. The number of hydrogen-bond acceptors (Lipinski definition) is 4. The summed E-state index contributed by atoms with van der Waals surface area (Å²) in [6.07, 6.45) is 6.43. The summed E-state index contributed by atoms with van der Waals surface area (Å²) in [5, 5.41) is 2.68. The number of esters is 1. The molecule has 1 unspecified atom stereocenters. The molecule has 0 radical (unpaired) electrons. The van der Waals surface area contributed by atoms with Gasteiger partial charge < -0.3 is 15.8 Å². The molecule has 3 N–H and O–H groups in total. The van der Waals surface area contributed by atoms with E-state index in [9.17, 15) is 9.59 Å². The number of hydrogen-bond donors (Lipinski definition) is 2. The summed E-state index contributed by atoms with van der Waals surface area (Å²) in [5.74, 6) is -0.710. The van der Waals surface area contributed by atoms with Crippen LogP contribution in [-0.4, -0.2) is 19.0 Å². The number of amides is 1. The number of methoxy groups -OCH3 is 1. The van der Waals surface area contributed by atoms with Crippen molar-refractivity contribution in [2.24, 2.45) is 11.7 Å². The molecule has 0 fully saturated rings. The summed E-state index contributed by atoms with van der Waals surface area (Å²) < 4.78 is 4.38. The molecule has 0 aromatic rings. The third kappa shape index (κ3) is 4.14. The van der Waals surface area contributed by atoms with Crippen molar-refractivity contribution in [3.8, 4) is 0 Å². The normalized spacial score (nSPS) is 19.5. The van der Waals surface area contributed by atoms with Crippen molar-refractivity contribution in [2.75, 3.05) is 7.11 Å². The van der Waals surface area contributed by atoms with Gasteiger partial charge in [0, 0.05) is 29.5 Å². The Morgan fingerprint density at radius 1 is 1.47 bits per heavy atom. The zero-order chi connectivity index (χ0) is 12.8. The van der Waals surface area contributed by atoms with Crippen molar-refractivity contribution in [2.45, 2.75) is 13.3 Å². The topological polar surface area (TPSA) is 81.4 Å². The Balaban J connectivity index is 2.53. The summed E-state index contributed by atoms with van der Waals surface area (Å²) in [4.78, 5) is 22.2. The molecule has 1 atom stereocenters. The van der Waals surface area contributed by atoms with Gasteiger partial charge in [-0.1, -0.05) is 6.92 Å². The lowest BCUT2D eigenvalue weighted by molar-refractivity contribution is -0.135. The molecule has 0 aromatic heterocycles. The summed E-state index contributed by atoms with van der Waals surface area (Å²) in [5.41, 5.74) is 7.30. The fourth-order valence-electron chi connectivity index (χ4n) is 1.38. The Hall–Kier alpha value is -2.04. The number of nitrogens with two attached hydrogens (primary N) is 1. The molecule has 1 aliphatic carbocycles. The van der Waals surface area contributed by atoms with Gasteiger partial charge in [0.1, 0.15) is 0 Å². The Morgan fingerprint density at radius 3 is 2.76 bits per heavy atom. The van der Waals surface area contributed by atoms with Crippen LogP contribution < -0.4 is 11.1 Å². The molecule has 1 rings (SSSR count). The van der Waals surface area contributed by atoms with E-state index < -0.39 is 5.97 Å². The average molecular weight is 236 g/mol. The second-order valence-electron chi connectivity index (χ2n) is 3.81. The zero-order valence-electron chi connectivity index (χ0n) is 9.90. The monoisotopic (exact) mass is 236 g/mol. The van der Waals surface area contributed by atoms with E-state index in [0.717, 1.165) is 23.5 Å². The molecule has 17 heavy (non-hydrogen) atoms. The van der Waals surface area contributed by atoms with E-state index in [2.05, 4.69) is 10.1 Å². The average Bonchev–Trinajstić information content (AvgIpc) is 2.31. The van der Waals surface area contributed by atoms with E-state index >= 15 is 0 Å². The van der Waals surface area contributed by atoms with Gasteiger partial charge in [0.2, 0.25) is 5.91 Å². The Bertz CT molecular complexity index is 408. The predicted molar refractivity (Wildman–Crippen MR) is 63.4 cm³/mol. The van der Waals surface area contributed by atoms with Crippen molar-refractivity contribution in [1.29, 1.82) is 0 Å². The number of carbonyl (C=O) groups excluding carboxylic acids is 2. The smallest absolute Gasteiger partial charge is 0.330 e. The third-order valence-corrected chi connectivity index (χ3v) is 2.43. The summed E-state index contributed by atoms with van der Waals surface area (Å²) in [6.45, 7) is 1.98. The second-order valence-corrected chi connectivity index (χ2v) is 3.81. The number of rotatable bonds is 3. The van der Waals surface area contributed by atoms with Crippen LogP contribution in [0.4, 0.5) is 0 Å². The highest BCUT2D eigenvalue weighted by atomic mass is 16.5. The highest BCUT2D eigenvalue weighted by Gasteiger charge is 2.13.